The lowest BCUT2D eigenvalue weighted by atomic mass is 9.98. The molecule has 168 valence electrons. The maximum Gasteiger partial charge on any atom is 0.248 e. The second-order valence-electron chi connectivity index (χ2n) is 8.43. The Balaban J connectivity index is 1.35. The first-order chi connectivity index (χ1) is 14.9. The molecule has 0 aliphatic carbocycles. The molecule has 4 rings (SSSR count). The van der Waals surface area contributed by atoms with Crippen LogP contribution in [-0.2, 0) is 21.4 Å². The Kier molecular flexibility index (Phi) is 6.34. The van der Waals surface area contributed by atoms with E-state index in [0.29, 0.717) is 31.6 Å². The van der Waals surface area contributed by atoms with Gasteiger partial charge in [0.2, 0.25) is 15.9 Å². The molecule has 1 N–H and O–H groups in total. The summed E-state index contributed by atoms with van der Waals surface area (Å²) in [6.07, 6.45) is 3.79. The molecule has 2 fully saturated rings. The van der Waals surface area contributed by atoms with E-state index in [-0.39, 0.29) is 29.0 Å². The maximum absolute atomic E-state index is 13.1. The van der Waals surface area contributed by atoms with Gasteiger partial charge in [-0.1, -0.05) is 17.3 Å². The number of nitrogens with one attached hydrogen (secondary N) is 1. The zero-order valence-electron chi connectivity index (χ0n) is 18.1. The van der Waals surface area contributed by atoms with Crippen LogP contribution in [-0.4, -0.2) is 50.0 Å². The number of anilines is 1. The molecule has 0 saturated carbocycles. The van der Waals surface area contributed by atoms with E-state index in [4.69, 9.17) is 4.52 Å². The molecule has 8 nitrogen and oxygen atoms in total. The fraction of sp³-hybridized carbons (Fsp3) is 0.545. The molecular weight excluding hydrogens is 416 g/mol. The number of nitrogens with zero attached hydrogens (tertiary/aromatic N) is 3. The molecular formula is C22H30N4O4S. The van der Waals surface area contributed by atoms with E-state index in [1.54, 1.807) is 13.8 Å². The molecule has 9 heteroatoms. The van der Waals surface area contributed by atoms with Crippen LogP contribution in [0.4, 0.5) is 5.69 Å². The van der Waals surface area contributed by atoms with E-state index in [1.807, 2.05) is 12.1 Å². The number of piperidine rings is 1. The zero-order chi connectivity index (χ0) is 22.0. The van der Waals surface area contributed by atoms with Crippen LogP contribution in [0.15, 0.2) is 33.7 Å². The van der Waals surface area contributed by atoms with Crippen LogP contribution in [0.5, 0.6) is 0 Å². The summed E-state index contributed by atoms with van der Waals surface area (Å²) in [5.74, 6) is -0.198. The van der Waals surface area contributed by atoms with Gasteiger partial charge in [0.05, 0.1) is 5.92 Å². The third kappa shape index (κ3) is 4.62. The number of carbonyl (C=O) groups is 1. The zero-order valence-corrected chi connectivity index (χ0v) is 19.0. The van der Waals surface area contributed by atoms with Gasteiger partial charge in [0, 0.05) is 38.4 Å². The quantitative estimate of drug-likeness (QED) is 0.733. The van der Waals surface area contributed by atoms with E-state index in [1.165, 1.54) is 22.8 Å². The molecule has 2 saturated heterocycles. The van der Waals surface area contributed by atoms with E-state index in [0.717, 1.165) is 18.7 Å². The highest BCUT2D eigenvalue weighted by atomic mass is 32.2. The second kappa shape index (κ2) is 9.00. The van der Waals surface area contributed by atoms with Gasteiger partial charge in [-0.25, -0.2) is 8.42 Å². The minimum atomic E-state index is -3.73. The van der Waals surface area contributed by atoms with Gasteiger partial charge in [0.25, 0.3) is 0 Å². The van der Waals surface area contributed by atoms with E-state index >= 15 is 0 Å². The van der Waals surface area contributed by atoms with Crippen molar-refractivity contribution >= 4 is 21.6 Å². The molecule has 1 aromatic heterocycles. The number of benzene rings is 1. The fourth-order valence-corrected chi connectivity index (χ4v) is 6.30. The second-order valence-corrected chi connectivity index (χ2v) is 10.3. The van der Waals surface area contributed by atoms with Crippen LogP contribution in [0.1, 0.15) is 42.7 Å². The Morgan fingerprint density at radius 1 is 1.13 bits per heavy atom. The number of sulfonamides is 1. The number of rotatable bonds is 6. The molecule has 0 bridgehead atoms. The fourth-order valence-electron chi connectivity index (χ4n) is 4.48. The third-order valence-corrected chi connectivity index (χ3v) is 8.31. The normalized spacial score (nSPS) is 20.2. The lowest BCUT2D eigenvalue weighted by Gasteiger charge is -2.31. The maximum atomic E-state index is 13.1. The predicted molar refractivity (Wildman–Crippen MR) is 117 cm³/mol. The van der Waals surface area contributed by atoms with Crippen LogP contribution in [0.2, 0.25) is 0 Å². The van der Waals surface area contributed by atoms with Crippen LogP contribution in [0, 0.1) is 19.8 Å². The number of aromatic nitrogens is 1. The Morgan fingerprint density at radius 2 is 1.84 bits per heavy atom. The van der Waals surface area contributed by atoms with Crippen molar-refractivity contribution in [2.75, 3.05) is 31.1 Å². The van der Waals surface area contributed by atoms with Crippen LogP contribution < -0.4 is 10.2 Å². The monoisotopic (exact) mass is 446 g/mol. The number of aryl methyl sites for hydroxylation is 2. The van der Waals surface area contributed by atoms with Gasteiger partial charge in [-0.15, -0.1) is 0 Å². The highest BCUT2D eigenvalue weighted by Crippen LogP contribution is 2.28. The largest absolute Gasteiger partial charge is 0.372 e. The van der Waals surface area contributed by atoms with Gasteiger partial charge in [0.1, 0.15) is 10.6 Å². The Morgan fingerprint density at radius 3 is 2.48 bits per heavy atom. The first kappa shape index (κ1) is 21.8. The number of amides is 1. The summed E-state index contributed by atoms with van der Waals surface area (Å²) in [5, 5.41) is 6.74. The molecule has 2 aliphatic heterocycles. The van der Waals surface area contributed by atoms with E-state index in [2.05, 4.69) is 27.5 Å². The van der Waals surface area contributed by atoms with Gasteiger partial charge < -0.3 is 14.7 Å². The minimum absolute atomic E-state index is 0.109. The van der Waals surface area contributed by atoms with Gasteiger partial charge >= 0.3 is 0 Å². The predicted octanol–water partition coefficient (Wildman–Crippen LogP) is 2.61. The van der Waals surface area contributed by atoms with Crippen molar-refractivity contribution in [2.45, 2.75) is 51.0 Å². The van der Waals surface area contributed by atoms with Gasteiger partial charge in [-0.3, -0.25) is 4.79 Å². The van der Waals surface area contributed by atoms with Crippen molar-refractivity contribution in [1.82, 2.24) is 14.8 Å². The average molecular weight is 447 g/mol. The van der Waals surface area contributed by atoms with Crippen molar-refractivity contribution in [2.24, 2.45) is 5.92 Å². The molecule has 2 aromatic rings. The van der Waals surface area contributed by atoms with Crippen LogP contribution in [0.25, 0.3) is 0 Å². The smallest absolute Gasteiger partial charge is 0.248 e. The Labute approximate surface area is 183 Å². The summed E-state index contributed by atoms with van der Waals surface area (Å²) in [4.78, 5) is 15.3. The third-order valence-electron chi connectivity index (χ3n) is 6.19. The Bertz CT molecular complexity index is 1010. The molecule has 1 amide bonds. The van der Waals surface area contributed by atoms with Crippen LogP contribution in [0.3, 0.4) is 0 Å². The molecule has 1 atom stereocenters. The summed E-state index contributed by atoms with van der Waals surface area (Å²) >= 11 is 0. The highest BCUT2D eigenvalue weighted by molar-refractivity contribution is 7.89. The first-order valence-electron chi connectivity index (χ1n) is 10.9. The van der Waals surface area contributed by atoms with Crippen molar-refractivity contribution in [3.05, 3.63) is 41.3 Å². The van der Waals surface area contributed by atoms with E-state index < -0.39 is 10.0 Å². The summed E-state index contributed by atoms with van der Waals surface area (Å²) in [6, 6.07) is 8.29. The molecule has 0 spiro atoms. The molecule has 3 heterocycles. The number of carbonyl (C=O) groups excluding carboxylic acids is 1. The van der Waals surface area contributed by atoms with Crippen molar-refractivity contribution in [1.29, 1.82) is 0 Å². The molecule has 31 heavy (non-hydrogen) atoms. The van der Waals surface area contributed by atoms with E-state index in [9.17, 15) is 13.2 Å². The summed E-state index contributed by atoms with van der Waals surface area (Å²) in [7, 11) is -3.73. The first-order valence-corrected chi connectivity index (χ1v) is 12.3. The lowest BCUT2D eigenvalue weighted by molar-refractivity contribution is -0.126. The standard InChI is InChI=1S/C22H30N4O4S/c1-16-21(17(2)30-24-16)31(28,29)26-13-5-6-19(15-26)22(27)23-14-18-7-9-20(10-8-18)25-11-3-4-12-25/h7-10,19H,3-6,11-15H2,1-2H3,(H,23,27). The topological polar surface area (TPSA) is 95.8 Å². The highest BCUT2D eigenvalue weighted by Gasteiger charge is 2.36. The number of hydrogen-bond donors (Lipinski definition) is 1. The lowest BCUT2D eigenvalue weighted by Crippen LogP contribution is -2.45. The van der Waals surface area contributed by atoms with Gasteiger partial charge in [0.15, 0.2) is 5.76 Å². The summed E-state index contributed by atoms with van der Waals surface area (Å²) < 4.78 is 32.6. The minimum Gasteiger partial charge on any atom is -0.372 e. The van der Waals surface area contributed by atoms with Crippen molar-refractivity contribution in [3.8, 4) is 0 Å². The molecule has 2 aliphatic rings. The molecule has 0 radical (unpaired) electrons. The van der Waals surface area contributed by atoms with Crippen LogP contribution >= 0.6 is 0 Å². The SMILES string of the molecule is Cc1noc(C)c1S(=O)(=O)N1CCCC(C(=O)NCc2ccc(N3CCCC3)cc2)C1. The average Bonchev–Trinajstić information content (AvgIpc) is 3.42. The van der Waals surface area contributed by atoms with Gasteiger partial charge in [-0.05, 0) is 57.2 Å². The summed E-state index contributed by atoms with van der Waals surface area (Å²) in [6.45, 7) is 6.42. The molecule has 1 unspecified atom stereocenters. The Hall–Kier alpha value is -2.39. The van der Waals surface area contributed by atoms with Crippen molar-refractivity contribution < 1.29 is 17.7 Å². The van der Waals surface area contributed by atoms with Gasteiger partial charge in [-0.2, -0.15) is 4.31 Å². The van der Waals surface area contributed by atoms with Crippen molar-refractivity contribution in [3.63, 3.8) is 0 Å². The molecule has 1 aromatic carbocycles. The summed E-state index contributed by atoms with van der Waals surface area (Å²) in [5.41, 5.74) is 2.61. The number of hydrogen-bond acceptors (Lipinski definition) is 6.